The first-order valence-corrected chi connectivity index (χ1v) is 7.33. The number of hydrogen-bond acceptors (Lipinski definition) is 4. The molecule has 1 saturated carbocycles. The van der Waals surface area contributed by atoms with Gasteiger partial charge >= 0.3 is 0 Å². The predicted molar refractivity (Wildman–Crippen MR) is 71.2 cm³/mol. The second kappa shape index (κ2) is 5.94. The zero-order valence-electron chi connectivity index (χ0n) is 10.5. The zero-order valence-corrected chi connectivity index (χ0v) is 11.3. The van der Waals surface area contributed by atoms with Crippen molar-refractivity contribution in [3.05, 3.63) is 16.6 Å². The van der Waals surface area contributed by atoms with Gasteiger partial charge in [0.2, 0.25) is 0 Å². The molecule has 0 saturated heterocycles. The van der Waals surface area contributed by atoms with Crippen LogP contribution in [0.5, 0.6) is 0 Å². The summed E-state index contributed by atoms with van der Waals surface area (Å²) in [5.74, 6) is 0. The first-order chi connectivity index (χ1) is 8.27. The van der Waals surface area contributed by atoms with E-state index < -0.39 is 0 Å². The van der Waals surface area contributed by atoms with Crippen molar-refractivity contribution in [1.29, 1.82) is 0 Å². The van der Waals surface area contributed by atoms with Gasteiger partial charge in [0.25, 0.3) is 0 Å². The van der Waals surface area contributed by atoms with Crippen molar-refractivity contribution in [3.63, 3.8) is 0 Å². The first kappa shape index (κ1) is 13.0. The number of nitrogens with two attached hydrogens (primary N) is 1. The van der Waals surface area contributed by atoms with Crippen LogP contribution in [0.1, 0.15) is 43.4 Å². The predicted octanol–water partition coefficient (Wildman–Crippen LogP) is 2.75. The smallest absolute Gasteiger partial charge is 0.0832 e. The van der Waals surface area contributed by atoms with Crippen LogP contribution in [0.15, 0.2) is 11.7 Å². The van der Waals surface area contributed by atoms with Crippen LogP contribution >= 0.6 is 11.3 Å². The quantitative estimate of drug-likeness (QED) is 0.840. The summed E-state index contributed by atoms with van der Waals surface area (Å²) in [7, 11) is 1.82. The lowest BCUT2D eigenvalue weighted by Crippen LogP contribution is -2.50. The molecule has 96 valence electrons. The van der Waals surface area contributed by atoms with Gasteiger partial charge in [-0.15, -0.1) is 11.3 Å². The highest BCUT2D eigenvalue weighted by Crippen LogP contribution is 2.33. The number of aromatic nitrogens is 1. The van der Waals surface area contributed by atoms with Gasteiger partial charge in [-0.1, -0.05) is 25.7 Å². The normalized spacial score (nSPS) is 22.0. The Kier molecular flexibility index (Phi) is 4.54. The van der Waals surface area contributed by atoms with Gasteiger partial charge in [-0.25, -0.2) is 0 Å². The van der Waals surface area contributed by atoms with Gasteiger partial charge in [0.1, 0.15) is 0 Å². The molecule has 4 heteroatoms. The molecule has 1 aromatic heterocycles. The summed E-state index contributed by atoms with van der Waals surface area (Å²) < 4.78 is 5.83. The Bertz CT molecular complexity index is 318. The van der Waals surface area contributed by atoms with E-state index in [4.69, 9.17) is 10.5 Å². The highest BCUT2D eigenvalue weighted by atomic mass is 32.1. The van der Waals surface area contributed by atoms with Crippen molar-refractivity contribution >= 4 is 11.3 Å². The fourth-order valence-corrected chi connectivity index (χ4v) is 3.45. The molecule has 2 N–H and O–H groups in total. The van der Waals surface area contributed by atoms with Gasteiger partial charge in [0.05, 0.1) is 11.1 Å². The van der Waals surface area contributed by atoms with Gasteiger partial charge in [-0.2, -0.15) is 0 Å². The standard InChI is InChI=1S/C13H22N2OS/c1-16-13(6-4-2-3-5-7-13)12(14)8-11-9-15-10-17-11/h9-10,12H,2-8,14H2,1H3. The fourth-order valence-electron chi connectivity index (χ4n) is 2.80. The minimum absolute atomic E-state index is 0.0889. The average molecular weight is 254 g/mol. The zero-order chi connectivity index (χ0) is 12.1. The van der Waals surface area contributed by atoms with Gasteiger partial charge in [-0.05, 0) is 12.8 Å². The van der Waals surface area contributed by atoms with E-state index in [9.17, 15) is 0 Å². The minimum Gasteiger partial charge on any atom is -0.377 e. The maximum atomic E-state index is 6.41. The van der Waals surface area contributed by atoms with E-state index >= 15 is 0 Å². The number of rotatable bonds is 4. The second-order valence-electron chi connectivity index (χ2n) is 4.96. The fraction of sp³-hybridized carbons (Fsp3) is 0.769. The van der Waals surface area contributed by atoms with E-state index in [1.807, 2.05) is 18.8 Å². The monoisotopic (exact) mass is 254 g/mol. The number of thiazole rings is 1. The lowest BCUT2D eigenvalue weighted by atomic mass is 9.84. The maximum absolute atomic E-state index is 6.41. The lowest BCUT2D eigenvalue weighted by molar-refractivity contribution is -0.0428. The minimum atomic E-state index is -0.111. The SMILES string of the molecule is COC1(C(N)Cc2cncs2)CCCCCC1. The highest BCUT2D eigenvalue weighted by molar-refractivity contribution is 7.09. The van der Waals surface area contributed by atoms with Gasteiger partial charge in [0.15, 0.2) is 0 Å². The van der Waals surface area contributed by atoms with E-state index in [-0.39, 0.29) is 11.6 Å². The third-order valence-corrected chi connectivity index (χ3v) is 4.74. The van der Waals surface area contributed by atoms with Gasteiger partial charge in [0, 0.05) is 30.6 Å². The molecular weight excluding hydrogens is 232 g/mol. The Labute approximate surface area is 107 Å². The van der Waals surface area contributed by atoms with Gasteiger partial charge < -0.3 is 10.5 Å². The molecule has 0 bridgehead atoms. The Balaban J connectivity index is 2.04. The van der Waals surface area contributed by atoms with Crippen LogP contribution in [0.4, 0.5) is 0 Å². The molecule has 1 atom stereocenters. The van der Waals surface area contributed by atoms with Crippen LogP contribution in [0.25, 0.3) is 0 Å². The molecule has 1 aliphatic carbocycles. The number of methoxy groups -OCH3 is 1. The number of ether oxygens (including phenoxy) is 1. The highest BCUT2D eigenvalue weighted by Gasteiger charge is 2.37. The second-order valence-corrected chi connectivity index (χ2v) is 5.93. The van der Waals surface area contributed by atoms with Crippen LogP contribution < -0.4 is 5.73 Å². The van der Waals surface area contributed by atoms with Crippen LogP contribution in [-0.2, 0) is 11.2 Å². The Hall–Kier alpha value is -0.450. The average Bonchev–Trinajstić information content (AvgIpc) is 2.72. The molecule has 0 radical (unpaired) electrons. The van der Waals surface area contributed by atoms with Crippen molar-refractivity contribution in [3.8, 4) is 0 Å². The van der Waals surface area contributed by atoms with E-state index in [1.165, 1.54) is 30.6 Å². The Morgan fingerprint density at radius 1 is 1.41 bits per heavy atom. The Morgan fingerprint density at radius 2 is 2.12 bits per heavy atom. The maximum Gasteiger partial charge on any atom is 0.0832 e. The molecule has 0 aliphatic heterocycles. The molecule has 0 spiro atoms. The molecule has 17 heavy (non-hydrogen) atoms. The van der Waals surface area contributed by atoms with Crippen molar-refractivity contribution in [2.75, 3.05) is 7.11 Å². The largest absolute Gasteiger partial charge is 0.377 e. The summed E-state index contributed by atoms with van der Waals surface area (Å²) in [4.78, 5) is 5.37. The van der Waals surface area contributed by atoms with Crippen molar-refractivity contribution in [2.24, 2.45) is 5.73 Å². The third-order valence-electron chi connectivity index (χ3n) is 3.94. The summed E-state index contributed by atoms with van der Waals surface area (Å²) in [5.41, 5.74) is 8.17. The van der Waals surface area contributed by atoms with E-state index in [2.05, 4.69) is 4.98 Å². The number of hydrogen-bond donors (Lipinski definition) is 1. The van der Waals surface area contributed by atoms with Crippen molar-refractivity contribution < 1.29 is 4.74 Å². The summed E-state index contributed by atoms with van der Waals surface area (Å²) in [6.07, 6.45) is 10.1. The third kappa shape index (κ3) is 3.06. The number of nitrogens with zero attached hydrogens (tertiary/aromatic N) is 1. The van der Waals surface area contributed by atoms with E-state index in [0.29, 0.717) is 0 Å². The molecule has 3 nitrogen and oxygen atoms in total. The van der Waals surface area contributed by atoms with Crippen LogP contribution in [0.2, 0.25) is 0 Å². The summed E-state index contributed by atoms with van der Waals surface area (Å²) >= 11 is 1.68. The molecule has 1 aliphatic rings. The molecular formula is C13H22N2OS. The Morgan fingerprint density at radius 3 is 2.65 bits per heavy atom. The molecule has 0 amide bonds. The molecule has 1 unspecified atom stereocenters. The molecule has 1 heterocycles. The van der Waals surface area contributed by atoms with E-state index in [0.717, 1.165) is 19.3 Å². The van der Waals surface area contributed by atoms with Crippen LogP contribution in [0, 0.1) is 0 Å². The molecule has 2 rings (SSSR count). The summed E-state index contributed by atoms with van der Waals surface area (Å²) in [6.45, 7) is 0. The molecule has 1 fully saturated rings. The van der Waals surface area contributed by atoms with Crippen molar-refractivity contribution in [2.45, 2.75) is 56.6 Å². The van der Waals surface area contributed by atoms with Gasteiger partial charge in [-0.3, -0.25) is 4.98 Å². The van der Waals surface area contributed by atoms with Crippen LogP contribution in [0.3, 0.4) is 0 Å². The topological polar surface area (TPSA) is 48.1 Å². The summed E-state index contributed by atoms with van der Waals surface area (Å²) in [5, 5.41) is 0. The van der Waals surface area contributed by atoms with E-state index in [1.54, 1.807) is 11.3 Å². The molecule has 1 aromatic rings. The van der Waals surface area contributed by atoms with Crippen molar-refractivity contribution in [1.82, 2.24) is 4.98 Å². The lowest BCUT2D eigenvalue weighted by Gasteiger charge is -2.37. The first-order valence-electron chi connectivity index (χ1n) is 6.45. The molecule has 0 aromatic carbocycles. The van der Waals surface area contributed by atoms with Crippen LogP contribution in [-0.4, -0.2) is 23.7 Å². The summed E-state index contributed by atoms with van der Waals surface area (Å²) in [6, 6.07) is 0.0889.